The van der Waals surface area contributed by atoms with Crippen molar-refractivity contribution in [1.82, 2.24) is 0 Å². The molecule has 0 amide bonds. The van der Waals surface area contributed by atoms with Crippen molar-refractivity contribution in [3.05, 3.63) is 35.4 Å². The zero-order chi connectivity index (χ0) is 27.9. The quantitative estimate of drug-likeness (QED) is 0.264. The molecule has 0 spiro atoms. The molecular weight excluding hydrogens is 488 g/mol. The third-order valence-corrected chi connectivity index (χ3v) is 12.2. The summed E-state index contributed by atoms with van der Waals surface area (Å²) in [5, 5.41) is 0. The minimum Gasteiger partial charge on any atom is -0.465 e. The van der Waals surface area contributed by atoms with Gasteiger partial charge in [0, 0.05) is 18.9 Å². The summed E-state index contributed by atoms with van der Waals surface area (Å²) in [6, 6.07) is 6.87. The van der Waals surface area contributed by atoms with Gasteiger partial charge in [-0.2, -0.15) is 0 Å². The zero-order valence-corrected chi connectivity index (χ0v) is 24.7. The number of hydrogen-bond donors (Lipinski definition) is 0. The monoisotopic (exact) mass is 536 g/mol. The van der Waals surface area contributed by atoms with Crippen LogP contribution in [0.3, 0.4) is 0 Å². The average molecular weight is 537 g/mol. The van der Waals surface area contributed by atoms with Crippen molar-refractivity contribution in [3.8, 4) is 0 Å². The molecule has 214 valence electrons. The van der Waals surface area contributed by atoms with E-state index in [-0.39, 0.29) is 23.8 Å². The number of carbonyl (C=O) groups is 3. The average Bonchev–Trinajstić information content (AvgIpc) is 3.28. The smallest absolute Gasteiger partial charge is 0.337 e. The van der Waals surface area contributed by atoms with Crippen LogP contribution < -0.4 is 0 Å². The summed E-state index contributed by atoms with van der Waals surface area (Å²) in [4.78, 5) is 36.2. The van der Waals surface area contributed by atoms with E-state index in [2.05, 4.69) is 20.8 Å². The first-order chi connectivity index (χ1) is 18.6. The van der Waals surface area contributed by atoms with Gasteiger partial charge in [0.1, 0.15) is 6.10 Å². The number of ketones is 1. The van der Waals surface area contributed by atoms with E-state index < -0.39 is 0 Å². The Bertz CT molecular complexity index is 1080. The van der Waals surface area contributed by atoms with E-state index in [0.717, 1.165) is 37.0 Å². The van der Waals surface area contributed by atoms with Gasteiger partial charge in [-0.25, -0.2) is 4.79 Å². The van der Waals surface area contributed by atoms with Crippen LogP contribution in [-0.2, 0) is 14.3 Å². The highest BCUT2D eigenvalue weighted by molar-refractivity contribution is 5.97. The number of methoxy groups -OCH3 is 1. The third-order valence-electron chi connectivity index (χ3n) is 12.2. The number of ether oxygens (including phenoxy) is 2. The fraction of sp³-hybridized carbons (Fsp3) is 0.735. The molecule has 0 saturated heterocycles. The van der Waals surface area contributed by atoms with E-state index >= 15 is 0 Å². The van der Waals surface area contributed by atoms with Crippen LogP contribution in [0.15, 0.2) is 24.3 Å². The molecular formula is C34H48O5. The number of esters is 2. The molecule has 1 aromatic rings. The molecule has 5 heteroatoms. The lowest BCUT2D eigenvalue weighted by Gasteiger charge is -2.61. The molecule has 4 fully saturated rings. The molecule has 5 nitrogen and oxygen atoms in total. The molecule has 4 aliphatic carbocycles. The lowest BCUT2D eigenvalue weighted by Crippen LogP contribution is -2.54. The van der Waals surface area contributed by atoms with Gasteiger partial charge in [0.05, 0.1) is 12.7 Å². The molecule has 5 rings (SSSR count). The molecule has 0 aliphatic heterocycles. The summed E-state index contributed by atoms with van der Waals surface area (Å²) >= 11 is 0. The van der Waals surface area contributed by atoms with Crippen molar-refractivity contribution < 1.29 is 23.9 Å². The Kier molecular flexibility index (Phi) is 8.01. The maximum Gasteiger partial charge on any atom is 0.337 e. The summed E-state index contributed by atoms with van der Waals surface area (Å²) in [7, 11) is 1.37. The van der Waals surface area contributed by atoms with Crippen molar-refractivity contribution >= 4 is 17.7 Å². The summed E-state index contributed by atoms with van der Waals surface area (Å²) in [5.74, 6) is 3.98. The van der Waals surface area contributed by atoms with Crippen LogP contribution in [0.4, 0.5) is 0 Å². The third kappa shape index (κ3) is 5.20. The van der Waals surface area contributed by atoms with Gasteiger partial charge in [-0.3, -0.25) is 9.59 Å². The Balaban J connectivity index is 1.20. The number of carbonyl (C=O) groups excluding carboxylic acids is 3. The molecule has 0 bridgehead atoms. The minimum atomic E-state index is -0.376. The molecule has 4 aliphatic rings. The fourth-order valence-corrected chi connectivity index (χ4v) is 10.2. The van der Waals surface area contributed by atoms with E-state index in [9.17, 15) is 14.4 Å². The largest absolute Gasteiger partial charge is 0.465 e. The number of benzene rings is 1. The molecule has 0 N–H and O–H groups in total. The maximum absolute atomic E-state index is 13.0. The minimum absolute atomic E-state index is 0.121. The van der Waals surface area contributed by atoms with Crippen molar-refractivity contribution in [2.75, 3.05) is 7.11 Å². The molecule has 4 saturated carbocycles. The van der Waals surface area contributed by atoms with Gasteiger partial charge in [-0.1, -0.05) is 32.9 Å². The summed E-state index contributed by atoms with van der Waals surface area (Å²) < 4.78 is 10.4. The second-order valence-corrected chi connectivity index (χ2v) is 13.9. The Morgan fingerprint density at radius 2 is 1.56 bits per heavy atom. The van der Waals surface area contributed by atoms with E-state index in [0.29, 0.717) is 46.1 Å². The van der Waals surface area contributed by atoms with Gasteiger partial charge in [-0.05, 0) is 123 Å². The van der Waals surface area contributed by atoms with Crippen LogP contribution in [0.2, 0.25) is 0 Å². The van der Waals surface area contributed by atoms with Crippen molar-refractivity contribution in [3.63, 3.8) is 0 Å². The molecule has 1 aromatic carbocycles. The maximum atomic E-state index is 13.0. The van der Waals surface area contributed by atoms with Gasteiger partial charge in [-0.15, -0.1) is 0 Å². The normalized spacial score (nSPS) is 38.1. The van der Waals surface area contributed by atoms with Crippen molar-refractivity contribution in [2.45, 2.75) is 104 Å². The van der Waals surface area contributed by atoms with Crippen LogP contribution in [0.1, 0.15) is 119 Å². The lowest BCUT2D eigenvalue weighted by atomic mass is 9.44. The second kappa shape index (κ2) is 11.0. The SMILES string of the molecule is COC(=O)c1ccc(C(=O)CC[C@@H](C)[C@H]2CC[C@H]3[C@@H]4CC[C@@H]5C[C@H](OC(C)=O)CC[C@]5(C)[C@H]4CC[C@]23C)cc1. The van der Waals surface area contributed by atoms with E-state index in [4.69, 9.17) is 9.47 Å². The second-order valence-electron chi connectivity index (χ2n) is 13.9. The van der Waals surface area contributed by atoms with Crippen LogP contribution in [0, 0.1) is 46.3 Å². The standard InChI is InChI=1S/C34H48O5/c1-21(6-15-31(36)23-7-9-24(10-8-23)32(37)38-5)28-13-14-29-27-12-11-25-20-26(39-22(2)35)16-18-33(25,3)30(27)17-19-34(28,29)4/h7-10,21,25-30H,6,11-20H2,1-5H3/t21-,25-,26-,27+,28-,29+,30+,33+,34-/m1/s1. The van der Waals surface area contributed by atoms with Crippen LogP contribution in [0.25, 0.3) is 0 Å². The lowest BCUT2D eigenvalue weighted by molar-refractivity contribution is -0.160. The van der Waals surface area contributed by atoms with E-state index in [1.165, 1.54) is 52.1 Å². The number of hydrogen-bond acceptors (Lipinski definition) is 5. The van der Waals surface area contributed by atoms with Gasteiger partial charge in [0.2, 0.25) is 0 Å². The molecule has 0 radical (unpaired) electrons. The zero-order valence-electron chi connectivity index (χ0n) is 24.7. The number of fused-ring (bicyclic) bond motifs is 5. The highest BCUT2D eigenvalue weighted by Gasteiger charge is 2.60. The predicted octanol–water partition coefficient (Wildman–Crippen LogP) is 7.66. The molecule has 0 unspecified atom stereocenters. The Labute approximate surface area is 234 Å². The molecule has 39 heavy (non-hydrogen) atoms. The van der Waals surface area contributed by atoms with Crippen molar-refractivity contribution in [2.24, 2.45) is 46.3 Å². The Morgan fingerprint density at radius 3 is 2.26 bits per heavy atom. The highest BCUT2D eigenvalue weighted by atomic mass is 16.5. The van der Waals surface area contributed by atoms with Gasteiger partial charge >= 0.3 is 11.9 Å². The number of Topliss-reactive ketones (excluding diaryl/α,β-unsaturated/α-hetero) is 1. The van der Waals surface area contributed by atoms with Gasteiger partial charge < -0.3 is 9.47 Å². The number of rotatable bonds is 7. The molecule has 9 atom stereocenters. The first-order valence-corrected chi connectivity index (χ1v) is 15.5. The topological polar surface area (TPSA) is 69.7 Å². The Morgan fingerprint density at radius 1 is 0.897 bits per heavy atom. The van der Waals surface area contributed by atoms with E-state index in [1.807, 2.05) is 0 Å². The first kappa shape index (κ1) is 28.4. The summed E-state index contributed by atoms with van der Waals surface area (Å²) in [6.07, 6.45) is 12.8. The first-order valence-electron chi connectivity index (χ1n) is 15.5. The van der Waals surface area contributed by atoms with Gasteiger partial charge in [0.15, 0.2) is 5.78 Å². The van der Waals surface area contributed by atoms with E-state index in [1.54, 1.807) is 31.2 Å². The summed E-state index contributed by atoms with van der Waals surface area (Å²) in [6.45, 7) is 9.08. The van der Waals surface area contributed by atoms with Crippen molar-refractivity contribution in [1.29, 1.82) is 0 Å². The van der Waals surface area contributed by atoms with Crippen LogP contribution in [0.5, 0.6) is 0 Å². The van der Waals surface area contributed by atoms with Gasteiger partial charge in [0.25, 0.3) is 0 Å². The summed E-state index contributed by atoms with van der Waals surface area (Å²) in [5.41, 5.74) is 1.92. The van der Waals surface area contributed by atoms with Crippen LogP contribution >= 0.6 is 0 Å². The molecule has 0 heterocycles. The van der Waals surface area contributed by atoms with Crippen LogP contribution in [-0.4, -0.2) is 30.9 Å². The molecule has 0 aromatic heterocycles. The fourth-order valence-electron chi connectivity index (χ4n) is 10.2. The highest BCUT2D eigenvalue weighted by Crippen LogP contribution is 2.68. The predicted molar refractivity (Wildman–Crippen MR) is 151 cm³/mol. The Hall–Kier alpha value is -2.17.